The second-order valence-corrected chi connectivity index (χ2v) is 5.11. The summed E-state index contributed by atoms with van der Waals surface area (Å²) in [6.45, 7) is 0. The predicted octanol–water partition coefficient (Wildman–Crippen LogP) is 1.16. The van der Waals surface area contributed by atoms with Gasteiger partial charge in [0.05, 0.1) is 5.39 Å². The Labute approximate surface area is 132 Å². The van der Waals surface area contributed by atoms with Gasteiger partial charge in [0, 0.05) is 12.1 Å². The first-order valence-corrected chi connectivity index (χ1v) is 6.89. The van der Waals surface area contributed by atoms with Gasteiger partial charge < -0.3 is 14.2 Å². The highest BCUT2D eigenvalue weighted by Crippen LogP contribution is 2.27. The number of carbonyl (C=O) groups is 1. The maximum atomic E-state index is 12.4. The van der Waals surface area contributed by atoms with E-state index >= 15 is 0 Å². The number of H-pyrrole nitrogens is 1. The van der Waals surface area contributed by atoms with E-state index in [1.807, 2.05) is 0 Å². The third-order valence-corrected chi connectivity index (χ3v) is 3.65. The lowest BCUT2D eigenvalue weighted by Gasteiger charge is -2.09. The molecule has 2 aromatic rings. The lowest BCUT2D eigenvalue weighted by molar-refractivity contribution is 0.0497. The Kier molecular flexibility index (Phi) is 2.94. The van der Waals surface area contributed by atoms with Crippen LogP contribution >= 0.6 is 0 Å². The molecule has 0 unspecified atom stereocenters. The van der Waals surface area contributed by atoms with Gasteiger partial charge in [-0.3, -0.25) is 9.59 Å². The summed E-state index contributed by atoms with van der Waals surface area (Å²) in [5.74, 6) is 4.04. The van der Waals surface area contributed by atoms with E-state index in [9.17, 15) is 14.4 Å². The first kappa shape index (κ1) is 14.1. The smallest absolute Gasteiger partial charge is 0.373 e. The molecule has 0 saturated carbocycles. The van der Waals surface area contributed by atoms with E-state index in [4.69, 9.17) is 10.3 Å². The van der Waals surface area contributed by atoms with E-state index in [2.05, 4.69) is 14.8 Å². The predicted molar refractivity (Wildman–Crippen MR) is 84.6 cm³/mol. The molecule has 0 fully saturated rings. The fourth-order valence-corrected chi connectivity index (χ4v) is 2.60. The van der Waals surface area contributed by atoms with Crippen molar-refractivity contribution in [3.8, 4) is 11.5 Å². The normalized spacial score (nSPS) is 11.2. The molecular weight excluding hydrogens is 314 g/mol. The van der Waals surface area contributed by atoms with Crippen LogP contribution in [0.3, 0.4) is 0 Å². The van der Waals surface area contributed by atoms with Crippen molar-refractivity contribution in [3.63, 3.8) is 0 Å². The average Bonchev–Trinajstić information content (AvgIpc) is 2.59. The Morgan fingerprint density at radius 3 is 2.75 bits per heavy atom. The van der Waals surface area contributed by atoms with Crippen LogP contribution in [0.5, 0.6) is 0 Å². The van der Waals surface area contributed by atoms with Crippen LogP contribution in [0.1, 0.15) is 10.5 Å². The second-order valence-electron chi connectivity index (χ2n) is 5.11. The Balaban J connectivity index is 2.19. The molecule has 1 aromatic carbocycles. The van der Waals surface area contributed by atoms with Crippen LogP contribution in [-0.4, -0.2) is 15.9 Å². The van der Waals surface area contributed by atoms with Gasteiger partial charge in [-0.15, -0.1) is 0 Å². The number of nitrogens with zero attached hydrogens (tertiary/aromatic N) is 1. The molecule has 4 rings (SSSR count). The standard InChI is InChI=1S/C16H9N3O5/c17-24-16(22)8-5-9(20)13-14(19-8)10(21)6-12-15(13)18-7-3-1-2-4-11(7)23-12/h1-6H,17H2,(H,19,20). The molecule has 3 N–H and O–H groups in total. The Hall–Kier alpha value is -3.52. The van der Waals surface area contributed by atoms with Crippen molar-refractivity contribution in [1.82, 2.24) is 9.97 Å². The molecule has 1 aliphatic heterocycles. The molecule has 8 nitrogen and oxygen atoms in total. The first-order chi connectivity index (χ1) is 11.6. The molecule has 0 bridgehead atoms. The van der Waals surface area contributed by atoms with Crippen LogP contribution in [0, 0.1) is 0 Å². The molecular formula is C16H9N3O5. The number of para-hydroxylation sites is 2. The topological polar surface area (TPSA) is 128 Å². The molecule has 24 heavy (non-hydrogen) atoms. The van der Waals surface area contributed by atoms with Crippen LogP contribution in [-0.2, 0) is 4.84 Å². The molecule has 2 heterocycles. The number of pyridine rings is 1. The summed E-state index contributed by atoms with van der Waals surface area (Å²) in [6.07, 6.45) is 0. The van der Waals surface area contributed by atoms with E-state index in [1.54, 1.807) is 24.3 Å². The van der Waals surface area contributed by atoms with Crippen molar-refractivity contribution >= 4 is 28.0 Å². The SMILES string of the molecule is NOC(=O)c1cc(=O)c2c3nc4ccccc4oc-3cc(=O)c2[nH]1. The molecule has 0 atom stereocenters. The van der Waals surface area contributed by atoms with Crippen molar-refractivity contribution < 1.29 is 14.0 Å². The van der Waals surface area contributed by atoms with Crippen molar-refractivity contribution in [2.75, 3.05) is 0 Å². The minimum Gasteiger partial charge on any atom is -0.453 e. The Morgan fingerprint density at radius 1 is 1.17 bits per heavy atom. The number of benzene rings is 2. The quantitative estimate of drug-likeness (QED) is 0.305. The van der Waals surface area contributed by atoms with Crippen molar-refractivity contribution in [2.45, 2.75) is 0 Å². The maximum Gasteiger partial charge on any atom is 0.373 e. The lowest BCUT2D eigenvalue weighted by Crippen LogP contribution is -2.19. The average molecular weight is 323 g/mol. The van der Waals surface area contributed by atoms with Crippen LogP contribution < -0.4 is 16.8 Å². The third kappa shape index (κ3) is 1.97. The first-order valence-electron chi connectivity index (χ1n) is 6.89. The lowest BCUT2D eigenvalue weighted by atomic mass is 10.1. The largest absolute Gasteiger partial charge is 0.453 e. The summed E-state index contributed by atoms with van der Waals surface area (Å²) in [5, 5.41) is 0.0422. The number of nitrogens with one attached hydrogen (secondary N) is 1. The maximum absolute atomic E-state index is 12.4. The molecule has 0 saturated heterocycles. The summed E-state index contributed by atoms with van der Waals surface area (Å²) in [6, 6.07) is 9.21. The van der Waals surface area contributed by atoms with Gasteiger partial charge in [0.15, 0.2) is 16.8 Å². The van der Waals surface area contributed by atoms with E-state index in [0.29, 0.717) is 11.1 Å². The van der Waals surface area contributed by atoms with E-state index in [1.165, 1.54) is 6.07 Å². The molecule has 0 amide bonds. The zero-order valence-corrected chi connectivity index (χ0v) is 12.0. The number of fused-ring (bicyclic) bond motifs is 4. The Bertz CT molecular complexity index is 1210. The van der Waals surface area contributed by atoms with Gasteiger partial charge in [-0.1, -0.05) is 12.1 Å². The molecule has 2 aliphatic rings. The minimum absolute atomic E-state index is 0.0422. The fourth-order valence-electron chi connectivity index (χ4n) is 2.60. The van der Waals surface area contributed by atoms with E-state index in [-0.39, 0.29) is 28.1 Å². The summed E-state index contributed by atoms with van der Waals surface area (Å²) in [5.41, 5.74) is -0.0972. The second kappa shape index (κ2) is 5.00. The van der Waals surface area contributed by atoms with Crippen molar-refractivity contribution in [2.24, 2.45) is 5.90 Å². The summed E-state index contributed by atoms with van der Waals surface area (Å²) < 4.78 is 5.66. The zero-order valence-electron chi connectivity index (χ0n) is 12.0. The molecule has 0 spiro atoms. The highest BCUT2D eigenvalue weighted by Gasteiger charge is 2.20. The number of aromatic nitrogens is 2. The third-order valence-electron chi connectivity index (χ3n) is 3.65. The van der Waals surface area contributed by atoms with Gasteiger partial charge in [0.1, 0.15) is 22.4 Å². The highest BCUT2D eigenvalue weighted by molar-refractivity contribution is 5.97. The van der Waals surface area contributed by atoms with Crippen molar-refractivity contribution in [1.29, 1.82) is 0 Å². The van der Waals surface area contributed by atoms with Crippen LogP contribution in [0.15, 0.2) is 50.4 Å². The molecule has 1 aromatic heterocycles. The molecule has 118 valence electrons. The monoisotopic (exact) mass is 323 g/mol. The van der Waals surface area contributed by atoms with E-state index in [0.717, 1.165) is 6.07 Å². The number of carbonyl (C=O) groups excluding carboxylic acids is 1. The number of nitrogens with two attached hydrogens (primary N) is 1. The molecule has 1 aliphatic carbocycles. The highest BCUT2D eigenvalue weighted by atomic mass is 16.7. The fraction of sp³-hybridized carbons (Fsp3) is 0. The summed E-state index contributed by atoms with van der Waals surface area (Å²) >= 11 is 0. The van der Waals surface area contributed by atoms with Gasteiger partial charge in [-0.2, -0.15) is 5.90 Å². The minimum atomic E-state index is -0.954. The summed E-state index contributed by atoms with van der Waals surface area (Å²) in [7, 11) is 0. The van der Waals surface area contributed by atoms with Crippen LogP contribution in [0.25, 0.3) is 33.5 Å². The van der Waals surface area contributed by atoms with Crippen molar-refractivity contribution in [3.05, 3.63) is 62.5 Å². The number of hydrogen-bond donors (Lipinski definition) is 2. The molecule has 0 radical (unpaired) electrons. The van der Waals surface area contributed by atoms with E-state index < -0.39 is 16.8 Å². The molecule has 8 heteroatoms. The Morgan fingerprint density at radius 2 is 1.96 bits per heavy atom. The van der Waals surface area contributed by atoms with Gasteiger partial charge in [0.25, 0.3) is 0 Å². The van der Waals surface area contributed by atoms with Crippen LogP contribution in [0.4, 0.5) is 0 Å². The van der Waals surface area contributed by atoms with Gasteiger partial charge in [-0.05, 0) is 12.1 Å². The number of aromatic amines is 1. The zero-order chi connectivity index (χ0) is 16.8. The summed E-state index contributed by atoms with van der Waals surface area (Å²) in [4.78, 5) is 47.3. The number of hydrogen-bond acceptors (Lipinski definition) is 7. The van der Waals surface area contributed by atoms with Crippen LogP contribution in [0.2, 0.25) is 0 Å². The van der Waals surface area contributed by atoms with Gasteiger partial charge in [0.2, 0.25) is 5.43 Å². The number of rotatable bonds is 1. The van der Waals surface area contributed by atoms with Gasteiger partial charge >= 0.3 is 5.97 Å². The van der Waals surface area contributed by atoms with Gasteiger partial charge in [-0.25, -0.2) is 9.78 Å².